The highest BCUT2D eigenvalue weighted by Crippen LogP contribution is 2.31. The maximum atomic E-state index is 12.1. The van der Waals surface area contributed by atoms with E-state index in [-0.39, 0.29) is 11.9 Å². The molecule has 1 aromatic heterocycles. The molecule has 134 valence electrons. The molecule has 25 heavy (non-hydrogen) atoms. The van der Waals surface area contributed by atoms with Crippen LogP contribution in [0.4, 0.5) is 11.5 Å². The molecule has 2 aliphatic heterocycles. The number of carbonyl (C=O) groups is 2. The van der Waals surface area contributed by atoms with Gasteiger partial charge >= 0.3 is 0 Å². The van der Waals surface area contributed by atoms with E-state index >= 15 is 0 Å². The van der Waals surface area contributed by atoms with E-state index in [4.69, 9.17) is 0 Å². The lowest BCUT2D eigenvalue weighted by Crippen LogP contribution is -2.49. The van der Waals surface area contributed by atoms with Gasteiger partial charge in [0.2, 0.25) is 11.8 Å². The summed E-state index contributed by atoms with van der Waals surface area (Å²) in [6.45, 7) is 4.06. The van der Waals surface area contributed by atoms with Gasteiger partial charge in [-0.3, -0.25) is 9.59 Å². The molecule has 4 rings (SSSR count). The van der Waals surface area contributed by atoms with Crippen LogP contribution in [0.15, 0.2) is 18.3 Å². The van der Waals surface area contributed by atoms with Crippen LogP contribution in [0, 0.1) is 5.92 Å². The molecule has 1 aliphatic carbocycles. The highest BCUT2D eigenvalue weighted by Gasteiger charge is 2.34. The van der Waals surface area contributed by atoms with Gasteiger partial charge in [-0.15, -0.1) is 0 Å². The van der Waals surface area contributed by atoms with Gasteiger partial charge in [-0.2, -0.15) is 0 Å². The molecule has 2 amide bonds. The largest absolute Gasteiger partial charge is 0.353 e. The molecule has 1 saturated carbocycles. The molecule has 3 heterocycles. The fraction of sp³-hybridized carbons (Fsp3) is 0.611. The molecule has 1 atom stereocenters. The molecule has 2 N–H and O–H groups in total. The van der Waals surface area contributed by atoms with E-state index in [9.17, 15) is 9.59 Å². The maximum Gasteiger partial charge on any atom is 0.241 e. The lowest BCUT2D eigenvalue weighted by Gasteiger charge is -2.35. The average molecular weight is 343 g/mol. The van der Waals surface area contributed by atoms with Crippen LogP contribution in [-0.2, 0) is 9.59 Å². The van der Waals surface area contributed by atoms with E-state index in [1.165, 1.54) is 0 Å². The Morgan fingerprint density at radius 1 is 1.12 bits per heavy atom. The molecular weight excluding hydrogens is 318 g/mol. The molecule has 0 radical (unpaired) electrons. The molecule has 7 heteroatoms. The first-order valence-electron chi connectivity index (χ1n) is 9.25. The molecule has 7 nitrogen and oxygen atoms in total. The lowest BCUT2D eigenvalue weighted by atomic mass is 10.2. The van der Waals surface area contributed by atoms with Gasteiger partial charge in [0, 0.05) is 32.1 Å². The van der Waals surface area contributed by atoms with Crippen LogP contribution in [0.2, 0.25) is 0 Å². The van der Waals surface area contributed by atoms with E-state index < -0.39 is 0 Å². The first-order valence-corrected chi connectivity index (χ1v) is 9.25. The van der Waals surface area contributed by atoms with Crippen molar-refractivity contribution in [3.63, 3.8) is 0 Å². The van der Waals surface area contributed by atoms with E-state index in [1.807, 2.05) is 17.0 Å². The van der Waals surface area contributed by atoms with Crippen molar-refractivity contribution < 1.29 is 9.59 Å². The van der Waals surface area contributed by atoms with Crippen molar-refractivity contribution in [1.82, 2.24) is 15.2 Å². The van der Waals surface area contributed by atoms with Crippen molar-refractivity contribution in [2.75, 3.05) is 42.9 Å². The number of hydrogen-bond acceptors (Lipinski definition) is 5. The van der Waals surface area contributed by atoms with E-state index in [1.54, 1.807) is 6.20 Å². The third-order valence-electron chi connectivity index (χ3n) is 5.23. The van der Waals surface area contributed by atoms with Crippen LogP contribution in [0.3, 0.4) is 0 Å². The van der Waals surface area contributed by atoms with Gasteiger partial charge < -0.3 is 20.4 Å². The van der Waals surface area contributed by atoms with Crippen molar-refractivity contribution in [3.05, 3.63) is 18.3 Å². The van der Waals surface area contributed by atoms with Crippen LogP contribution in [0.1, 0.15) is 25.7 Å². The molecule has 0 aromatic carbocycles. The van der Waals surface area contributed by atoms with Crippen molar-refractivity contribution in [3.8, 4) is 0 Å². The lowest BCUT2D eigenvalue weighted by molar-refractivity contribution is -0.132. The minimum absolute atomic E-state index is 0.0132. The fourth-order valence-electron chi connectivity index (χ4n) is 3.53. The summed E-state index contributed by atoms with van der Waals surface area (Å²) in [5, 5.41) is 6.11. The molecule has 0 bridgehead atoms. The number of amides is 2. The number of piperazine rings is 1. The molecule has 3 aliphatic rings. The summed E-state index contributed by atoms with van der Waals surface area (Å²) in [5.74, 6) is 1.53. The van der Waals surface area contributed by atoms with E-state index in [0.717, 1.165) is 69.9 Å². The minimum Gasteiger partial charge on any atom is -0.353 e. The van der Waals surface area contributed by atoms with Crippen LogP contribution >= 0.6 is 0 Å². The summed E-state index contributed by atoms with van der Waals surface area (Å²) >= 11 is 0. The molecule has 0 spiro atoms. The topological polar surface area (TPSA) is 77.6 Å². The molecule has 1 aromatic rings. The first-order chi connectivity index (χ1) is 12.2. The molecular formula is C18H25N5O2. The second kappa shape index (κ2) is 7.00. The SMILES string of the molecule is O=C(Nc1ccc(N2CCN(C(=O)C3CC3)CC2)nc1)C1CCCN1. The Hall–Kier alpha value is -2.15. The summed E-state index contributed by atoms with van der Waals surface area (Å²) in [4.78, 5) is 32.9. The number of hydrogen-bond donors (Lipinski definition) is 2. The summed E-state index contributed by atoms with van der Waals surface area (Å²) in [6.07, 6.45) is 5.77. The highest BCUT2D eigenvalue weighted by atomic mass is 16.2. The number of nitrogens with one attached hydrogen (secondary N) is 2. The minimum atomic E-state index is -0.0863. The van der Waals surface area contributed by atoms with Gasteiger partial charge in [0.1, 0.15) is 5.82 Å². The standard InChI is InChI=1S/C18H25N5O2/c24-17(15-2-1-7-19-15)21-14-5-6-16(20-12-14)22-8-10-23(11-9-22)18(25)13-3-4-13/h5-6,12-13,15,19H,1-4,7-11H2,(H,21,24). The number of anilines is 2. The fourth-order valence-corrected chi connectivity index (χ4v) is 3.53. The number of rotatable bonds is 4. The van der Waals surface area contributed by atoms with Crippen LogP contribution in [0.25, 0.3) is 0 Å². The number of aromatic nitrogens is 1. The summed E-state index contributed by atoms with van der Waals surface area (Å²) in [7, 11) is 0. The monoisotopic (exact) mass is 343 g/mol. The Bertz CT molecular complexity index is 629. The predicted molar refractivity (Wildman–Crippen MR) is 95.4 cm³/mol. The third kappa shape index (κ3) is 3.76. The van der Waals surface area contributed by atoms with Crippen molar-refractivity contribution in [2.45, 2.75) is 31.7 Å². The van der Waals surface area contributed by atoms with Crippen LogP contribution in [0.5, 0.6) is 0 Å². The maximum absolute atomic E-state index is 12.1. The normalized spacial score (nSPS) is 23.6. The number of carbonyl (C=O) groups excluding carboxylic acids is 2. The predicted octanol–water partition coefficient (Wildman–Crippen LogP) is 0.831. The summed E-state index contributed by atoms with van der Waals surface area (Å²) in [6, 6.07) is 3.75. The Balaban J connectivity index is 1.30. The number of pyridine rings is 1. The van der Waals surface area contributed by atoms with E-state index in [2.05, 4.69) is 20.5 Å². The zero-order valence-corrected chi connectivity index (χ0v) is 14.4. The first kappa shape index (κ1) is 16.3. The zero-order valence-electron chi connectivity index (χ0n) is 14.4. The molecule has 3 fully saturated rings. The average Bonchev–Trinajstić information content (AvgIpc) is 3.35. The molecule has 1 unspecified atom stereocenters. The Labute approximate surface area is 147 Å². The quantitative estimate of drug-likeness (QED) is 0.847. The second-order valence-corrected chi connectivity index (χ2v) is 7.13. The number of nitrogens with zero attached hydrogens (tertiary/aromatic N) is 3. The van der Waals surface area contributed by atoms with Gasteiger partial charge in [-0.05, 0) is 44.4 Å². The molecule has 2 saturated heterocycles. The van der Waals surface area contributed by atoms with Gasteiger partial charge in [0.15, 0.2) is 0 Å². The summed E-state index contributed by atoms with van der Waals surface area (Å²) < 4.78 is 0. The van der Waals surface area contributed by atoms with E-state index in [0.29, 0.717) is 11.8 Å². The smallest absolute Gasteiger partial charge is 0.241 e. The Morgan fingerprint density at radius 2 is 1.92 bits per heavy atom. The van der Waals surface area contributed by atoms with Crippen LogP contribution < -0.4 is 15.5 Å². The third-order valence-corrected chi connectivity index (χ3v) is 5.23. The van der Waals surface area contributed by atoms with Crippen molar-refractivity contribution >= 4 is 23.3 Å². The zero-order chi connectivity index (χ0) is 17.2. The van der Waals surface area contributed by atoms with Gasteiger partial charge in [-0.25, -0.2) is 4.98 Å². The van der Waals surface area contributed by atoms with Gasteiger partial charge in [-0.1, -0.05) is 0 Å². The highest BCUT2D eigenvalue weighted by molar-refractivity contribution is 5.94. The van der Waals surface area contributed by atoms with Crippen LogP contribution in [-0.4, -0.2) is 60.5 Å². The van der Waals surface area contributed by atoms with Crippen molar-refractivity contribution in [1.29, 1.82) is 0 Å². The second-order valence-electron chi connectivity index (χ2n) is 7.13. The Morgan fingerprint density at radius 3 is 2.52 bits per heavy atom. The summed E-state index contributed by atoms with van der Waals surface area (Å²) in [5.41, 5.74) is 0.727. The van der Waals surface area contributed by atoms with Gasteiger partial charge in [0.25, 0.3) is 0 Å². The Kier molecular flexibility index (Phi) is 4.57. The van der Waals surface area contributed by atoms with Crippen molar-refractivity contribution in [2.24, 2.45) is 5.92 Å². The van der Waals surface area contributed by atoms with Gasteiger partial charge in [0.05, 0.1) is 17.9 Å².